The van der Waals surface area contributed by atoms with Crippen molar-refractivity contribution in [3.05, 3.63) is 111 Å². The third-order valence-corrected chi connectivity index (χ3v) is 5.45. The third kappa shape index (κ3) is 5.53. The van der Waals surface area contributed by atoms with Crippen molar-refractivity contribution in [1.82, 2.24) is 15.0 Å². The number of carbonyl (C=O) groups excluding carboxylic acids is 1. The summed E-state index contributed by atoms with van der Waals surface area (Å²) < 4.78 is 7.73. The predicted octanol–water partition coefficient (Wildman–Crippen LogP) is 5.61. The fourth-order valence-corrected chi connectivity index (χ4v) is 3.59. The molecule has 176 valence electrons. The molecule has 2 aromatic heterocycles. The van der Waals surface area contributed by atoms with Crippen LogP contribution in [0.1, 0.15) is 27.3 Å². The highest BCUT2D eigenvalue weighted by molar-refractivity contribution is 6.30. The standard InChI is InChI=1S/C25H20ClN5O4/c1-16-13-19(14-28-29-25(32)18-3-5-20(26)6-4-18)17(2)30(16)21-7-10-23(11-8-21)35-24-12-9-22(15-27-24)31(33)34/h3-15H,1-2H3,(H,29,32)/b28-14-. The highest BCUT2D eigenvalue weighted by atomic mass is 35.5. The Labute approximate surface area is 205 Å². The van der Waals surface area contributed by atoms with E-state index in [-0.39, 0.29) is 17.5 Å². The molecule has 0 saturated heterocycles. The van der Waals surface area contributed by atoms with Crippen molar-refractivity contribution < 1.29 is 14.5 Å². The van der Waals surface area contributed by atoms with Gasteiger partial charge in [0, 0.05) is 45.4 Å². The summed E-state index contributed by atoms with van der Waals surface area (Å²) in [6.45, 7) is 3.93. The van der Waals surface area contributed by atoms with Gasteiger partial charge < -0.3 is 9.30 Å². The molecule has 0 unspecified atom stereocenters. The number of hydrogen-bond acceptors (Lipinski definition) is 6. The van der Waals surface area contributed by atoms with E-state index >= 15 is 0 Å². The molecule has 4 rings (SSSR count). The molecule has 9 nitrogen and oxygen atoms in total. The summed E-state index contributed by atoms with van der Waals surface area (Å²) in [5.41, 5.74) is 6.57. The number of rotatable bonds is 7. The molecule has 10 heteroatoms. The van der Waals surface area contributed by atoms with E-state index in [1.165, 1.54) is 12.1 Å². The smallest absolute Gasteiger partial charge is 0.287 e. The Bertz CT molecular complexity index is 1400. The average molecular weight is 490 g/mol. The lowest BCUT2D eigenvalue weighted by molar-refractivity contribution is -0.385. The molecular formula is C25H20ClN5O4. The summed E-state index contributed by atoms with van der Waals surface area (Å²) in [4.78, 5) is 26.4. The minimum atomic E-state index is -0.514. The Hall–Kier alpha value is -4.50. The van der Waals surface area contributed by atoms with Crippen LogP contribution in [0.25, 0.3) is 5.69 Å². The van der Waals surface area contributed by atoms with E-state index in [4.69, 9.17) is 16.3 Å². The minimum Gasteiger partial charge on any atom is -0.439 e. The van der Waals surface area contributed by atoms with Gasteiger partial charge in [0.05, 0.1) is 11.1 Å². The number of aryl methyl sites for hydroxylation is 1. The van der Waals surface area contributed by atoms with Gasteiger partial charge in [-0.2, -0.15) is 5.10 Å². The molecule has 0 radical (unpaired) electrons. The summed E-state index contributed by atoms with van der Waals surface area (Å²) in [5.74, 6) is 0.477. The monoisotopic (exact) mass is 489 g/mol. The van der Waals surface area contributed by atoms with Gasteiger partial charge in [-0.1, -0.05) is 11.6 Å². The van der Waals surface area contributed by atoms with E-state index in [9.17, 15) is 14.9 Å². The van der Waals surface area contributed by atoms with Gasteiger partial charge in [0.1, 0.15) is 11.9 Å². The number of hydrazone groups is 1. The quantitative estimate of drug-likeness (QED) is 0.206. The number of benzene rings is 2. The van der Waals surface area contributed by atoms with E-state index in [0.717, 1.165) is 28.8 Å². The van der Waals surface area contributed by atoms with Crippen molar-refractivity contribution >= 4 is 29.4 Å². The molecule has 35 heavy (non-hydrogen) atoms. The van der Waals surface area contributed by atoms with Gasteiger partial charge in [-0.3, -0.25) is 14.9 Å². The fourth-order valence-electron chi connectivity index (χ4n) is 3.47. The summed E-state index contributed by atoms with van der Waals surface area (Å²) >= 11 is 5.85. The summed E-state index contributed by atoms with van der Waals surface area (Å²) in [6.07, 6.45) is 2.75. The second-order valence-electron chi connectivity index (χ2n) is 7.58. The molecule has 4 aromatic rings. The number of ether oxygens (including phenoxy) is 1. The lowest BCUT2D eigenvalue weighted by Crippen LogP contribution is -2.17. The second-order valence-corrected chi connectivity index (χ2v) is 8.01. The number of nitrogens with one attached hydrogen (secondary N) is 1. The molecule has 1 amide bonds. The lowest BCUT2D eigenvalue weighted by Gasteiger charge is -2.11. The van der Waals surface area contributed by atoms with Crippen LogP contribution in [0.2, 0.25) is 5.02 Å². The molecule has 0 aliphatic rings. The topological polar surface area (TPSA) is 112 Å². The van der Waals surface area contributed by atoms with Crippen LogP contribution in [0.4, 0.5) is 5.69 Å². The van der Waals surface area contributed by atoms with Gasteiger partial charge in [0.15, 0.2) is 0 Å². The molecule has 0 fully saturated rings. The van der Waals surface area contributed by atoms with E-state index in [1.807, 2.05) is 32.0 Å². The number of aromatic nitrogens is 2. The zero-order valence-electron chi connectivity index (χ0n) is 18.8. The maximum Gasteiger partial charge on any atom is 0.287 e. The number of pyridine rings is 1. The van der Waals surface area contributed by atoms with Crippen molar-refractivity contribution in [2.45, 2.75) is 13.8 Å². The molecule has 0 atom stereocenters. The Morgan fingerprint density at radius 1 is 1.11 bits per heavy atom. The maximum absolute atomic E-state index is 12.2. The molecule has 0 saturated carbocycles. The van der Waals surface area contributed by atoms with E-state index in [2.05, 4.69) is 20.1 Å². The lowest BCUT2D eigenvalue weighted by atomic mass is 10.2. The molecular weight excluding hydrogens is 470 g/mol. The van der Waals surface area contributed by atoms with Gasteiger partial charge in [0.2, 0.25) is 5.88 Å². The molecule has 0 aliphatic heterocycles. The SMILES string of the molecule is Cc1cc(/C=N\NC(=O)c2ccc(Cl)cc2)c(C)n1-c1ccc(Oc2ccc([N+](=O)[O-])cn2)cc1. The third-order valence-electron chi connectivity index (χ3n) is 5.20. The normalized spacial score (nSPS) is 10.9. The van der Waals surface area contributed by atoms with Crippen LogP contribution in [-0.4, -0.2) is 26.6 Å². The highest BCUT2D eigenvalue weighted by Gasteiger charge is 2.11. The average Bonchev–Trinajstić information content (AvgIpc) is 3.13. The van der Waals surface area contributed by atoms with Crippen LogP contribution >= 0.6 is 11.6 Å². The van der Waals surface area contributed by atoms with Gasteiger partial charge in [-0.15, -0.1) is 0 Å². The van der Waals surface area contributed by atoms with Crippen LogP contribution in [-0.2, 0) is 0 Å². The number of halogens is 1. The Kier molecular flexibility index (Phi) is 6.88. The Balaban J connectivity index is 1.45. The summed E-state index contributed by atoms with van der Waals surface area (Å²) in [6, 6.07) is 18.7. The first-order valence-electron chi connectivity index (χ1n) is 10.5. The predicted molar refractivity (Wildman–Crippen MR) is 133 cm³/mol. The summed E-state index contributed by atoms with van der Waals surface area (Å²) in [5, 5.41) is 15.4. The van der Waals surface area contributed by atoms with Crippen LogP contribution in [0, 0.1) is 24.0 Å². The van der Waals surface area contributed by atoms with Gasteiger partial charge in [0.25, 0.3) is 11.6 Å². The number of nitrogens with zero attached hydrogens (tertiary/aromatic N) is 4. The zero-order valence-corrected chi connectivity index (χ0v) is 19.6. The molecule has 2 aromatic carbocycles. The van der Waals surface area contributed by atoms with Crippen LogP contribution in [0.15, 0.2) is 78.0 Å². The van der Waals surface area contributed by atoms with Gasteiger partial charge in [-0.25, -0.2) is 10.4 Å². The molecule has 0 spiro atoms. The van der Waals surface area contributed by atoms with Crippen molar-refractivity contribution in [3.63, 3.8) is 0 Å². The molecule has 2 heterocycles. The molecule has 0 bridgehead atoms. The Morgan fingerprint density at radius 3 is 2.46 bits per heavy atom. The van der Waals surface area contributed by atoms with Crippen LogP contribution in [0.5, 0.6) is 11.6 Å². The van der Waals surface area contributed by atoms with Gasteiger partial charge in [-0.05, 0) is 68.4 Å². The maximum atomic E-state index is 12.2. The number of hydrogen-bond donors (Lipinski definition) is 1. The van der Waals surface area contributed by atoms with E-state index in [0.29, 0.717) is 16.3 Å². The number of amides is 1. The van der Waals surface area contributed by atoms with Crippen molar-refractivity contribution in [2.75, 3.05) is 0 Å². The van der Waals surface area contributed by atoms with Gasteiger partial charge >= 0.3 is 0 Å². The van der Waals surface area contributed by atoms with Crippen LogP contribution < -0.4 is 10.2 Å². The minimum absolute atomic E-state index is 0.102. The largest absolute Gasteiger partial charge is 0.439 e. The zero-order chi connectivity index (χ0) is 24.9. The first kappa shape index (κ1) is 23.7. The first-order valence-corrected chi connectivity index (χ1v) is 10.9. The Morgan fingerprint density at radius 2 is 1.83 bits per heavy atom. The first-order chi connectivity index (χ1) is 16.8. The number of nitro groups is 1. The fraction of sp³-hybridized carbons (Fsp3) is 0.0800. The van der Waals surface area contributed by atoms with E-state index in [1.54, 1.807) is 42.6 Å². The van der Waals surface area contributed by atoms with Crippen molar-refractivity contribution in [3.8, 4) is 17.3 Å². The summed E-state index contributed by atoms with van der Waals surface area (Å²) in [7, 11) is 0. The molecule has 1 N–H and O–H groups in total. The number of carbonyl (C=O) groups is 1. The van der Waals surface area contributed by atoms with Crippen molar-refractivity contribution in [2.24, 2.45) is 5.10 Å². The van der Waals surface area contributed by atoms with Crippen LogP contribution in [0.3, 0.4) is 0 Å². The molecule has 0 aliphatic carbocycles. The van der Waals surface area contributed by atoms with E-state index < -0.39 is 4.92 Å². The second kappa shape index (κ2) is 10.2. The van der Waals surface area contributed by atoms with Crippen molar-refractivity contribution in [1.29, 1.82) is 0 Å². The highest BCUT2D eigenvalue weighted by Crippen LogP contribution is 2.25.